The van der Waals surface area contributed by atoms with Gasteiger partial charge in [0.15, 0.2) is 0 Å². The normalized spacial score (nSPS) is 12.7. The van der Waals surface area contributed by atoms with Crippen molar-refractivity contribution in [1.29, 1.82) is 0 Å². The van der Waals surface area contributed by atoms with Crippen molar-refractivity contribution in [2.75, 3.05) is 32.1 Å². The molecule has 2 aromatic carbocycles. The number of aryl methyl sites for hydroxylation is 2. The maximum atomic E-state index is 6.42. The van der Waals surface area contributed by atoms with E-state index < -0.39 is 0 Å². The first-order valence-corrected chi connectivity index (χ1v) is 11.3. The quantitative estimate of drug-likeness (QED) is 0.391. The summed E-state index contributed by atoms with van der Waals surface area (Å²) in [6.45, 7) is 14.2. The van der Waals surface area contributed by atoms with E-state index in [0.29, 0.717) is 6.04 Å². The second-order valence-corrected chi connectivity index (χ2v) is 8.52. The number of aromatic nitrogens is 1. The predicted molar refractivity (Wildman–Crippen MR) is 130 cm³/mol. The lowest BCUT2D eigenvalue weighted by molar-refractivity contribution is 0.295. The molecule has 0 aliphatic rings. The number of hydrogen-bond acceptors (Lipinski definition) is 4. The Kier molecular flexibility index (Phi) is 7.43. The van der Waals surface area contributed by atoms with Gasteiger partial charge in [0.25, 0.3) is 0 Å². The van der Waals surface area contributed by atoms with E-state index in [2.05, 4.69) is 50.0 Å². The second-order valence-electron chi connectivity index (χ2n) is 8.11. The molecule has 0 aliphatic heterocycles. The number of nitrogens with zero attached hydrogens (tertiary/aromatic N) is 2. The third-order valence-corrected chi connectivity index (χ3v) is 6.44. The van der Waals surface area contributed by atoms with Gasteiger partial charge in [0.05, 0.1) is 23.8 Å². The molecule has 1 aromatic heterocycles. The van der Waals surface area contributed by atoms with Gasteiger partial charge in [-0.3, -0.25) is 0 Å². The smallest absolute Gasteiger partial charge is 0.119 e. The summed E-state index contributed by atoms with van der Waals surface area (Å²) >= 11 is 6.42. The minimum absolute atomic E-state index is 0.344. The molecular weight excluding hydrogens is 394 g/mol. The summed E-state index contributed by atoms with van der Waals surface area (Å²) in [6, 6.07) is 8.52. The van der Waals surface area contributed by atoms with Crippen LogP contribution in [0.25, 0.3) is 21.8 Å². The number of nitrogens with one attached hydrogen (secondary N) is 1. The summed E-state index contributed by atoms with van der Waals surface area (Å²) in [6.07, 6.45) is 2.28. The van der Waals surface area contributed by atoms with Crippen molar-refractivity contribution in [2.24, 2.45) is 0 Å². The lowest BCUT2D eigenvalue weighted by Crippen LogP contribution is -2.25. The third kappa shape index (κ3) is 4.65. The Balaban J connectivity index is 2.03. The van der Waals surface area contributed by atoms with Crippen molar-refractivity contribution < 1.29 is 4.74 Å². The van der Waals surface area contributed by atoms with Gasteiger partial charge in [0.1, 0.15) is 5.75 Å². The van der Waals surface area contributed by atoms with Crippen LogP contribution < -0.4 is 10.1 Å². The lowest BCUT2D eigenvalue weighted by atomic mass is 10.0. The minimum atomic E-state index is 0.344. The second kappa shape index (κ2) is 9.84. The maximum absolute atomic E-state index is 6.42. The molecule has 1 heterocycles. The van der Waals surface area contributed by atoms with Crippen LogP contribution in [0.5, 0.6) is 5.75 Å². The number of ether oxygens (including phenoxy) is 1. The van der Waals surface area contributed by atoms with Crippen LogP contribution in [0.2, 0.25) is 5.02 Å². The van der Waals surface area contributed by atoms with Gasteiger partial charge in [-0.15, -0.1) is 0 Å². The van der Waals surface area contributed by atoms with Crippen molar-refractivity contribution in [1.82, 2.24) is 9.88 Å². The van der Waals surface area contributed by atoms with Crippen LogP contribution in [0.3, 0.4) is 0 Å². The summed E-state index contributed by atoms with van der Waals surface area (Å²) in [5.41, 5.74) is 5.19. The Morgan fingerprint density at radius 1 is 1.10 bits per heavy atom. The lowest BCUT2D eigenvalue weighted by Gasteiger charge is -2.22. The Labute approximate surface area is 185 Å². The third-order valence-electron chi connectivity index (χ3n) is 6.03. The van der Waals surface area contributed by atoms with Gasteiger partial charge in [-0.1, -0.05) is 25.4 Å². The molecule has 1 N–H and O–H groups in total. The van der Waals surface area contributed by atoms with E-state index in [4.69, 9.17) is 21.3 Å². The van der Waals surface area contributed by atoms with Crippen LogP contribution in [-0.2, 0) is 0 Å². The molecule has 0 fully saturated rings. The highest BCUT2D eigenvalue weighted by atomic mass is 35.5. The van der Waals surface area contributed by atoms with Crippen molar-refractivity contribution in [3.63, 3.8) is 0 Å². The number of fused-ring (bicyclic) bond motifs is 2. The van der Waals surface area contributed by atoms with Crippen LogP contribution in [0.4, 0.5) is 5.69 Å². The molecule has 3 rings (SSSR count). The van der Waals surface area contributed by atoms with Crippen molar-refractivity contribution in [2.45, 2.75) is 53.5 Å². The van der Waals surface area contributed by atoms with Crippen LogP contribution >= 0.6 is 11.6 Å². The van der Waals surface area contributed by atoms with Crippen molar-refractivity contribution >= 4 is 39.1 Å². The van der Waals surface area contributed by atoms with Gasteiger partial charge >= 0.3 is 0 Å². The van der Waals surface area contributed by atoms with Gasteiger partial charge < -0.3 is 15.0 Å². The number of methoxy groups -OCH3 is 1. The van der Waals surface area contributed by atoms with Crippen LogP contribution in [0.15, 0.2) is 24.3 Å². The summed E-state index contributed by atoms with van der Waals surface area (Å²) < 4.78 is 5.55. The molecule has 0 unspecified atom stereocenters. The highest BCUT2D eigenvalue weighted by molar-refractivity contribution is 6.32. The molecule has 0 spiro atoms. The van der Waals surface area contributed by atoms with E-state index >= 15 is 0 Å². The zero-order chi connectivity index (χ0) is 21.8. The molecule has 4 nitrogen and oxygen atoms in total. The molecule has 0 bridgehead atoms. The van der Waals surface area contributed by atoms with Gasteiger partial charge in [-0.25, -0.2) is 4.98 Å². The first-order valence-electron chi connectivity index (χ1n) is 11.0. The highest BCUT2D eigenvalue weighted by Gasteiger charge is 2.16. The maximum Gasteiger partial charge on any atom is 0.119 e. The average Bonchev–Trinajstić information content (AvgIpc) is 2.74. The zero-order valence-electron chi connectivity index (χ0n) is 19.1. The van der Waals surface area contributed by atoms with E-state index in [1.54, 1.807) is 7.11 Å². The molecule has 3 aromatic rings. The highest BCUT2D eigenvalue weighted by Crippen LogP contribution is 2.38. The number of rotatable bonds is 9. The molecule has 1 atom stereocenters. The molecule has 0 amide bonds. The fraction of sp³-hybridized carbons (Fsp3) is 0.480. The number of hydrogen-bond donors (Lipinski definition) is 1. The number of benzene rings is 2. The van der Waals surface area contributed by atoms with Gasteiger partial charge in [0, 0.05) is 21.8 Å². The summed E-state index contributed by atoms with van der Waals surface area (Å²) in [5, 5.41) is 6.75. The molecule has 5 heteroatoms. The number of halogens is 1. The average molecular weight is 428 g/mol. The van der Waals surface area contributed by atoms with Gasteiger partial charge in [-0.2, -0.15) is 0 Å². The summed E-state index contributed by atoms with van der Waals surface area (Å²) in [4.78, 5) is 7.48. The Hall–Kier alpha value is -2.04. The van der Waals surface area contributed by atoms with Crippen LogP contribution in [0, 0.1) is 13.8 Å². The Bertz CT molecular complexity index is 1030. The predicted octanol–water partition coefficient (Wildman–Crippen LogP) is 6.59. The fourth-order valence-corrected chi connectivity index (χ4v) is 4.27. The molecule has 0 saturated heterocycles. The summed E-state index contributed by atoms with van der Waals surface area (Å²) in [5.74, 6) is 0.851. The molecule has 0 radical (unpaired) electrons. The Morgan fingerprint density at radius 2 is 1.83 bits per heavy atom. The first kappa shape index (κ1) is 22.6. The van der Waals surface area contributed by atoms with E-state index in [-0.39, 0.29) is 0 Å². The molecular formula is C25H34ClN3O. The number of pyridine rings is 1. The first-order chi connectivity index (χ1) is 14.4. The van der Waals surface area contributed by atoms with Crippen molar-refractivity contribution in [3.05, 3.63) is 40.4 Å². The number of anilines is 1. The minimum Gasteiger partial charge on any atom is -0.497 e. The molecule has 0 saturated carbocycles. The molecule has 0 aliphatic carbocycles. The van der Waals surface area contributed by atoms with E-state index in [0.717, 1.165) is 75.4 Å². The van der Waals surface area contributed by atoms with Gasteiger partial charge in [-0.05, 0) is 88.6 Å². The van der Waals surface area contributed by atoms with Crippen LogP contribution in [-0.4, -0.2) is 42.7 Å². The van der Waals surface area contributed by atoms with E-state index in [9.17, 15) is 0 Å². The van der Waals surface area contributed by atoms with Gasteiger partial charge in [0.2, 0.25) is 0 Å². The fourth-order valence-electron chi connectivity index (χ4n) is 4.12. The van der Waals surface area contributed by atoms with Crippen LogP contribution in [0.1, 0.15) is 44.7 Å². The van der Waals surface area contributed by atoms with Crippen molar-refractivity contribution in [3.8, 4) is 5.75 Å². The van der Waals surface area contributed by atoms with E-state index in [1.807, 2.05) is 19.1 Å². The van der Waals surface area contributed by atoms with E-state index in [1.165, 1.54) is 6.42 Å². The summed E-state index contributed by atoms with van der Waals surface area (Å²) in [7, 11) is 1.71. The topological polar surface area (TPSA) is 37.4 Å². The molecule has 30 heavy (non-hydrogen) atoms. The Morgan fingerprint density at radius 3 is 2.50 bits per heavy atom. The standard InChI is InChI=1S/C25H34ClN3O/c1-7-29(8-2)13-9-10-17(4)27-25-20-11-12-22(26)18(5)24(20)28-23-16(3)14-19(30-6)15-21(23)25/h11-12,14-15,17H,7-10,13H2,1-6H3,(H,27,28)/t17-/m1/s1. The monoisotopic (exact) mass is 427 g/mol. The largest absolute Gasteiger partial charge is 0.497 e. The molecule has 162 valence electrons. The SMILES string of the molecule is CCN(CC)CCC[C@@H](C)Nc1c2cc(OC)cc(C)c2nc2c(C)c(Cl)ccc12. The zero-order valence-corrected chi connectivity index (χ0v) is 19.9.